The van der Waals surface area contributed by atoms with Crippen LogP contribution >= 0.6 is 0 Å². The topological polar surface area (TPSA) is 47.3 Å². The van der Waals surface area contributed by atoms with Gasteiger partial charge in [-0.1, -0.05) is 13.8 Å². The summed E-state index contributed by atoms with van der Waals surface area (Å²) in [6, 6.07) is 4.63. The van der Waals surface area contributed by atoms with Crippen LogP contribution in [0.4, 0.5) is 4.39 Å². The highest BCUT2D eigenvalue weighted by atomic mass is 19.1. The van der Waals surface area contributed by atoms with Crippen molar-refractivity contribution >= 4 is 0 Å². The first kappa shape index (κ1) is 14.9. The number of benzene rings is 1. The molecule has 0 bridgehead atoms. The molecule has 1 aromatic rings. The zero-order valence-electron chi connectivity index (χ0n) is 11.4. The van der Waals surface area contributed by atoms with Crippen LogP contribution in [0.5, 0.6) is 5.75 Å². The average Bonchev–Trinajstić information content (AvgIpc) is 2.35. The number of hydrogen-bond donors (Lipinski definition) is 2. The van der Waals surface area contributed by atoms with Gasteiger partial charge in [0.25, 0.3) is 0 Å². The van der Waals surface area contributed by atoms with E-state index in [-0.39, 0.29) is 11.2 Å². The Kier molecular flexibility index (Phi) is 5.56. The van der Waals surface area contributed by atoms with E-state index >= 15 is 0 Å². The predicted molar refractivity (Wildman–Crippen MR) is 72.5 cm³/mol. The van der Waals surface area contributed by atoms with Crippen molar-refractivity contribution in [3.63, 3.8) is 0 Å². The molecule has 102 valence electrons. The van der Waals surface area contributed by atoms with Crippen LogP contribution in [0.25, 0.3) is 0 Å². The van der Waals surface area contributed by atoms with Crippen LogP contribution in [0.1, 0.15) is 25.8 Å². The maximum Gasteiger partial charge on any atom is 0.123 e. The molecule has 0 spiro atoms. The zero-order valence-corrected chi connectivity index (χ0v) is 11.4. The van der Waals surface area contributed by atoms with Gasteiger partial charge in [0.15, 0.2) is 0 Å². The number of ether oxygens (including phenoxy) is 1. The minimum absolute atomic E-state index is 0.192. The van der Waals surface area contributed by atoms with Crippen LogP contribution in [-0.4, -0.2) is 26.7 Å². The first-order chi connectivity index (χ1) is 8.51. The minimum Gasteiger partial charge on any atom is -0.496 e. The molecule has 4 heteroatoms. The summed E-state index contributed by atoms with van der Waals surface area (Å²) in [6.45, 7) is 6.45. The van der Waals surface area contributed by atoms with Crippen molar-refractivity contribution in [1.82, 2.24) is 5.32 Å². The molecule has 0 saturated heterocycles. The maximum atomic E-state index is 13.4. The molecule has 0 saturated carbocycles. The van der Waals surface area contributed by atoms with Crippen LogP contribution < -0.4 is 15.8 Å². The van der Waals surface area contributed by atoms with Gasteiger partial charge in [-0.2, -0.15) is 0 Å². The fourth-order valence-electron chi connectivity index (χ4n) is 1.93. The van der Waals surface area contributed by atoms with E-state index in [2.05, 4.69) is 19.2 Å². The normalized spacial score (nSPS) is 11.6. The van der Waals surface area contributed by atoms with Crippen molar-refractivity contribution in [2.75, 3.05) is 26.7 Å². The molecular weight excluding hydrogens is 231 g/mol. The highest BCUT2D eigenvalue weighted by Crippen LogP contribution is 2.31. The lowest BCUT2D eigenvalue weighted by atomic mass is 9.83. The van der Waals surface area contributed by atoms with Gasteiger partial charge in [0, 0.05) is 17.5 Å². The van der Waals surface area contributed by atoms with Gasteiger partial charge in [-0.3, -0.25) is 0 Å². The minimum atomic E-state index is -0.235. The third-order valence-corrected chi connectivity index (χ3v) is 3.02. The lowest BCUT2D eigenvalue weighted by Gasteiger charge is -2.27. The fraction of sp³-hybridized carbons (Fsp3) is 0.571. The second-order valence-corrected chi connectivity index (χ2v) is 5.05. The van der Waals surface area contributed by atoms with E-state index in [1.807, 2.05) is 0 Å². The van der Waals surface area contributed by atoms with Gasteiger partial charge < -0.3 is 15.8 Å². The Labute approximate surface area is 109 Å². The van der Waals surface area contributed by atoms with Crippen molar-refractivity contribution in [3.8, 4) is 5.75 Å². The second kappa shape index (κ2) is 6.71. The lowest BCUT2D eigenvalue weighted by Crippen LogP contribution is -2.34. The molecule has 0 unspecified atom stereocenters. The summed E-state index contributed by atoms with van der Waals surface area (Å²) in [7, 11) is 1.61. The van der Waals surface area contributed by atoms with E-state index in [1.54, 1.807) is 19.2 Å². The first-order valence-electron chi connectivity index (χ1n) is 6.26. The molecule has 0 aliphatic rings. The number of hydrogen-bond acceptors (Lipinski definition) is 3. The predicted octanol–water partition coefficient (Wildman–Crippen LogP) is 2.05. The number of nitrogens with one attached hydrogen (secondary N) is 1. The van der Waals surface area contributed by atoms with Crippen molar-refractivity contribution in [3.05, 3.63) is 29.6 Å². The van der Waals surface area contributed by atoms with E-state index in [0.29, 0.717) is 6.54 Å². The van der Waals surface area contributed by atoms with E-state index in [1.165, 1.54) is 6.07 Å². The molecule has 0 atom stereocenters. The average molecular weight is 254 g/mol. The molecule has 3 nitrogen and oxygen atoms in total. The largest absolute Gasteiger partial charge is 0.496 e. The van der Waals surface area contributed by atoms with Crippen LogP contribution in [0, 0.1) is 5.82 Å². The monoisotopic (exact) mass is 254 g/mol. The third kappa shape index (κ3) is 3.96. The molecule has 0 aliphatic carbocycles. The van der Waals surface area contributed by atoms with Crippen LogP contribution in [0.15, 0.2) is 18.2 Å². The molecule has 0 aromatic heterocycles. The van der Waals surface area contributed by atoms with Crippen molar-refractivity contribution in [1.29, 1.82) is 0 Å². The SMILES string of the molecule is COc1ccc(F)cc1C(C)(C)CNCCCN. The Morgan fingerprint density at radius 2 is 2.11 bits per heavy atom. The van der Waals surface area contributed by atoms with Crippen molar-refractivity contribution in [2.45, 2.75) is 25.7 Å². The highest BCUT2D eigenvalue weighted by molar-refractivity contribution is 5.39. The van der Waals surface area contributed by atoms with Gasteiger partial charge in [0.1, 0.15) is 11.6 Å². The van der Waals surface area contributed by atoms with Crippen molar-refractivity contribution in [2.24, 2.45) is 5.73 Å². The molecule has 1 rings (SSSR count). The zero-order chi connectivity index (χ0) is 13.6. The van der Waals surface area contributed by atoms with Crippen LogP contribution in [0.2, 0.25) is 0 Å². The molecule has 3 N–H and O–H groups in total. The summed E-state index contributed by atoms with van der Waals surface area (Å²) in [5.74, 6) is 0.489. The fourth-order valence-corrected chi connectivity index (χ4v) is 1.93. The van der Waals surface area contributed by atoms with Crippen LogP contribution in [-0.2, 0) is 5.41 Å². The molecule has 18 heavy (non-hydrogen) atoms. The number of halogens is 1. The summed E-state index contributed by atoms with van der Waals surface area (Å²) in [5, 5.41) is 3.34. The molecule has 0 heterocycles. The van der Waals surface area contributed by atoms with Gasteiger partial charge in [-0.05, 0) is 37.7 Å². The Morgan fingerprint density at radius 1 is 1.39 bits per heavy atom. The van der Waals surface area contributed by atoms with Gasteiger partial charge in [0.2, 0.25) is 0 Å². The van der Waals surface area contributed by atoms with E-state index in [9.17, 15) is 4.39 Å². The van der Waals surface area contributed by atoms with Gasteiger partial charge in [0.05, 0.1) is 7.11 Å². The standard InChI is InChI=1S/C14H23FN2O/c1-14(2,10-17-8-4-7-16)12-9-11(15)5-6-13(12)18-3/h5-6,9,17H,4,7-8,10,16H2,1-3H3. The van der Waals surface area contributed by atoms with E-state index < -0.39 is 0 Å². The molecule has 1 aromatic carbocycles. The molecule has 0 radical (unpaired) electrons. The van der Waals surface area contributed by atoms with Crippen LogP contribution in [0.3, 0.4) is 0 Å². The second-order valence-electron chi connectivity index (χ2n) is 5.05. The Morgan fingerprint density at radius 3 is 2.72 bits per heavy atom. The molecule has 0 amide bonds. The maximum absolute atomic E-state index is 13.4. The summed E-state index contributed by atoms with van der Waals surface area (Å²) in [5.41, 5.74) is 6.13. The summed E-state index contributed by atoms with van der Waals surface area (Å²) < 4.78 is 18.7. The quantitative estimate of drug-likeness (QED) is 0.732. The van der Waals surface area contributed by atoms with Gasteiger partial charge in [-0.25, -0.2) is 4.39 Å². The summed E-state index contributed by atoms with van der Waals surface area (Å²) in [6.07, 6.45) is 0.941. The lowest BCUT2D eigenvalue weighted by molar-refractivity contribution is 0.383. The third-order valence-electron chi connectivity index (χ3n) is 3.02. The Balaban J connectivity index is 2.79. The first-order valence-corrected chi connectivity index (χ1v) is 6.26. The van der Waals surface area contributed by atoms with Gasteiger partial charge >= 0.3 is 0 Å². The molecular formula is C14H23FN2O. The number of rotatable bonds is 7. The Bertz CT molecular complexity index is 380. The van der Waals surface area contributed by atoms with Crippen molar-refractivity contribution < 1.29 is 9.13 Å². The summed E-state index contributed by atoms with van der Waals surface area (Å²) in [4.78, 5) is 0. The summed E-state index contributed by atoms with van der Waals surface area (Å²) >= 11 is 0. The van der Waals surface area contributed by atoms with Gasteiger partial charge in [-0.15, -0.1) is 0 Å². The smallest absolute Gasteiger partial charge is 0.123 e. The molecule has 0 fully saturated rings. The highest BCUT2D eigenvalue weighted by Gasteiger charge is 2.24. The van der Waals surface area contributed by atoms with E-state index in [4.69, 9.17) is 10.5 Å². The Hall–Kier alpha value is -1.13. The van der Waals surface area contributed by atoms with E-state index in [0.717, 1.165) is 30.8 Å². The number of methoxy groups -OCH3 is 1. The molecule has 0 aliphatic heterocycles. The number of nitrogens with two attached hydrogens (primary N) is 1.